The lowest BCUT2D eigenvalue weighted by Gasteiger charge is -2.46. The average molecular weight is 486 g/mol. The normalized spacial score (nSPS) is 34.4. The summed E-state index contributed by atoms with van der Waals surface area (Å²) in [4.78, 5) is 21.7. The Bertz CT molecular complexity index is 1230. The summed E-state index contributed by atoms with van der Waals surface area (Å²) in [5.74, 6) is -0.498. The number of halogens is 3. The summed E-state index contributed by atoms with van der Waals surface area (Å²) in [6.45, 7) is 0.846. The molecule has 3 aliphatic heterocycles. The first-order chi connectivity index (χ1) is 16.7. The standard InChI is InChI=1S/C25H26F3N5O2/c1-32-17-7-16(8-18(32)11-35-10-17)31-22(34)23-12-24(23,25(26,27)28)14-33(13-23)20-5-4-15(9-29)21-19(20)3-2-6-30-21/h2-6,16-18H,7-8,10-14H2,1H3,(H,31,34)/t16?,17?,18?,23-,24-/m0/s1. The largest absolute Gasteiger partial charge is 0.397 e. The molecule has 184 valence electrons. The number of fused-ring (bicyclic) bond motifs is 4. The van der Waals surface area contributed by atoms with Crippen molar-refractivity contribution < 1.29 is 22.7 Å². The summed E-state index contributed by atoms with van der Waals surface area (Å²) in [6.07, 6.45) is -1.80. The van der Waals surface area contributed by atoms with Crippen LogP contribution in [0.3, 0.4) is 0 Å². The molecule has 1 aromatic heterocycles. The minimum absolute atomic E-state index is 0.0170. The second kappa shape index (κ2) is 7.55. The van der Waals surface area contributed by atoms with Gasteiger partial charge in [0.1, 0.15) is 11.5 Å². The number of carbonyl (C=O) groups is 1. The number of anilines is 1. The van der Waals surface area contributed by atoms with Crippen LogP contribution in [-0.2, 0) is 9.53 Å². The molecule has 7 nitrogen and oxygen atoms in total. The van der Waals surface area contributed by atoms with Gasteiger partial charge in [-0.25, -0.2) is 0 Å². The summed E-state index contributed by atoms with van der Waals surface area (Å²) in [5, 5.41) is 13.0. The molecule has 1 saturated carbocycles. The Hall–Kier alpha value is -2.90. The van der Waals surface area contributed by atoms with Crippen LogP contribution in [0.15, 0.2) is 30.5 Å². The van der Waals surface area contributed by atoms with Crippen molar-refractivity contribution in [2.75, 3.05) is 38.3 Å². The van der Waals surface area contributed by atoms with E-state index in [1.54, 1.807) is 35.4 Å². The highest BCUT2D eigenvalue weighted by molar-refractivity contribution is 5.97. The van der Waals surface area contributed by atoms with E-state index in [-0.39, 0.29) is 37.6 Å². The molecule has 4 aliphatic rings. The molecule has 35 heavy (non-hydrogen) atoms. The average Bonchev–Trinajstić information content (AvgIpc) is 3.36. The molecular formula is C25H26F3N5O2. The van der Waals surface area contributed by atoms with Crippen LogP contribution >= 0.6 is 0 Å². The van der Waals surface area contributed by atoms with E-state index < -0.39 is 22.9 Å². The number of amides is 1. The number of ether oxygens (including phenoxy) is 1. The number of carbonyl (C=O) groups excluding carboxylic acids is 1. The molecule has 6 rings (SSSR count). The van der Waals surface area contributed by atoms with Gasteiger partial charge in [0.15, 0.2) is 0 Å². The zero-order valence-corrected chi connectivity index (χ0v) is 19.3. The van der Waals surface area contributed by atoms with Crippen molar-refractivity contribution in [3.8, 4) is 6.07 Å². The van der Waals surface area contributed by atoms with Crippen molar-refractivity contribution in [1.82, 2.24) is 15.2 Å². The second-order valence-corrected chi connectivity index (χ2v) is 10.5. The molecule has 2 aromatic rings. The number of hydrogen-bond acceptors (Lipinski definition) is 6. The third-order valence-electron chi connectivity index (χ3n) is 8.72. The first kappa shape index (κ1) is 22.6. The third-order valence-corrected chi connectivity index (χ3v) is 8.72. The van der Waals surface area contributed by atoms with Gasteiger partial charge in [-0.1, -0.05) is 0 Å². The van der Waals surface area contributed by atoms with Crippen molar-refractivity contribution in [3.63, 3.8) is 0 Å². The number of hydrogen-bond donors (Lipinski definition) is 1. The fourth-order valence-electron chi connectivity index (χ4n) is 6.65. The molecule has 3 saturated heterocycles. The summed E-state index contributed by atoms with van der Waals surface area (Å²) in [7, 11) is 2.04. The van der Waals surface area contributed by atoms with E-state index in [0.29, 0.717) is 48.2 Å². The minimum Gasteiger partial charge on any atom is -0.378 e. The summed E-state index contributed by atoms with van der Waals surface area (Å²) in [6, 6.07) is 8.97. The molecule has 1 N–H and O–H groups in total. The van der Waals surface area contributed by atoms with E-state index in [0.717, 1.165) is 0 Å². The molecule has 10 heteroatoms. The molecule has 1 aromatic carbocycles. The first-order valence-corrected chi connectivity index (χ1v) is 11.9. The summed E-state index contributed by atoms with van der Waals surface area (Å²) in [5.41, 5.74) is -2.20. The van der Waals surface area contributed by atoms with Crippen LogP contribution in [0.5, 0.6) is 0 Å². The van der Waals surface area contributed by atoms with Crippen LogP contribution in [0, 0.1) is 22.2 Å². The lowest BCUT2D eigenvalue weighted by molar-refractivity contribution is -0.192. The van der Waals surface area contributed by atoms with Gasteiger partial charge in [0.25, 0.3) is 0 Å². The van der Waals surface area contributed by atoms with Crippen molar-refractivity contribution in [2.45, 2.75) is 43.6 Å². The van der Waals surface area contributed by atoms with E-state index in [2.05, 4.69) is 21.3 Å². The zero-order valence-electron chi connectivity index (χ0n) is 19.3. The van der Waals surface area contributed by atoms with Gasteiger partial charge in [-0.05, 0) is 50.6 Å². The van der Waals surface area contributed by atoms with Gasteiger partial charge in [0, 0.05) is 48.5 Å². The molecule has 4 atom stereocenters. The number of alkyl halides is 3. The van der Waals surface area contributed by atoms with Gasteiger partial charge in [0.05, 0.1) is 29.7 Å². The highest BCUT2D eigenvalue weighted by Gasteiger charge is 2.86. The van der Waals surface area contributed by atoms with Crippen LogP contribution in [0.2, 0.25) is 0 Å². The van der Waals surface area contributed by atoms with Gasteiger partial charge < -0.3 is 15.0 Å². The molecule has 2 bridgehead atoms. The Morgan fingerprint density at radius 1 is 1.23 bits per heavy atom. The predicted octanol–water partition coefficient (Wildman–Crippen LogP) is 2.84. The maximum atomic E-state index is 14.4. The number of rotatable bonds is 3. The molecule has 0 radical (unpaired) electrons. The Kier molecular flexibility index (Phi) is 4.86. The van der Waals surface area contributed by atoms with Crippen LogP contribution < -0.4 is 10.2 Å². The molecular weight excluding hydrogens is 459 g/mol. The molecule has 4 fully saturated rings. The Labute approximate surface area is 200 Å². The molecule has 1 aliphatic carbocycles. The van der Waals surface area contributed by atoms with Crippen LogP contribution in [0.25, 0.3) is 10.9 Å². The SMILES string of the molecule is CN1C2COCC1CC(NC(=O)[C@]13CN(c4ccc(C#N)c5ncccc45)C[C@@]1(C(F)(F)F)C3)C2. The Morgan fingerprint density at radius 2 is 1.97 bits per heavy atom. The maximum Gasteiger partial charge on any atom is 0.397 e. The van der Waals surface area contributed by atoms with Crippen molar-refractivity contribution in [1.29, 1.82) is 5.26 Å². The number of aromatic nitrogens is 1. The number of benzene rings is 1. The van der Waals surface area contributed by atoms with E-state index in [4.69, 9.17) is 4.74 Å². The van der Waals surface area contributed by atoms with Gasteiger partial charge in [0.2, 0.25) is 5.91 Å². The van der Waals surface area contributed by atoms with E-state index in [1.165, 1.54) is 0 Å². The highest BCUT2D eigenvalue weighted by Crippen LogP contribution is 2.75. The van der Waals surface area contributed by atoms with Crippen LogP contribution in [-0.4, -0.2) is 73.4 Å². The lowest BCUT2D eigenvalue weighted by Crippen LogP contribution is -2.60. The first-order valence-electron chi connectivity index (χ1n) is 11.9. The monoisotopic (exact) mass is 485 g/mol. The van der Waals surface area contributed by atoms with Crippen LogP contribution in [0.1, 0.15) is 24.8 Å². The van der Waals surface area contributed by atoms with Gasteiger partial charge in [-0.15, -0.1) is 0 Å². The van der Waals surface area contributed by atoms with E-state index in [1.807, 2.05) is 7.05 Å². The minimum atomic E-state index is -4.50. The topological polar surface area (TPSA) is 81.5 Å². The number of morpholine rings is 1. The van der Waals surface area contributed by atoms with Crippen molar-refractivity contribution >= 4 is 22.5 Å². The molecule has 2 unspecified atom stereocenters. The number of piperidine rings is 2. The maximum absolute atomic E-state index is 14.4. The van der Waals surface area contributed by atoms with E-state index in [9.17, 15) is 23.2 Å². The molecule has 4 heterocycles. The summed E-state index contributed by atoms with van der Waals surface area (Å²) >= 11 is 0. The molecule has 0 spiro atoms. The van der Waals surface area contributed by atoms with Gasteiger partial charge in [-0.2, -0.15) is 18.4 Å². The fraction of sp³-hybridized carbons (Fsp3) is 0.560. The van der Waals surface area contributed by atoms with Crippen molar-refractivity contribution in [3.05, 3.63) is 36.0 Å². The van der Waals surface area contributed by atoms with Crippen molar-refractivity contribution in [2.24, 2.45) is 10.8 Å². The smallest absolute Gasteiger partial charge is 0.378 e. The third kappa shape index (κ3) is 3.17. The van der Waals surface area contributed by atoms with Gasteiger partial charge in [-0.3, -0.25) is 14.7 Å². The number of nitrogens with zero attached hydrogens (tertiary/aromatic N) is 4. The number of nitriles is 1. The summed E-state index contributed by atoms with van der Waals surface area (Å²) < 4.78 is 49.0. The zero-order chi connectivity index (χ0) is 24.6. The van der Waals surface area contributed by atoms with Crippen LogP contribution in [0.4, 0.5) is 18.9 Å². The number of nitrogens with one attached hydrogen (secondary N) is 1. The van der Waals surface area contributed by atoms with Gasteiger partial charge >= 0.3 is 6.18 Å². The molecule has 1 amide bonds. The Balaban J connectivity index is 1.30. The number of pyridine rings is 1. The van der Waals surface area contributed by atoms with E-state index >= 15 is 0 Å². The fourth-order valence-corrected chi connectivity index (χ4v) is 6.65. The highest BCUT2D eigenvalue weighted by atomic mass is 19.4. The number of likely N-dealkylation sites (N-methyl/N-ethyl adjacent to an activating group) is 1. The lowest BCUT2D eigenvalue weighted by atomic mass is 9.89. The Morgan fingerprint density at radius 3 is 2.66 bits per heavy atom. The second-order valence-electron chi connectivity index (χ2n) is 10.5. The quantitative estimate of drug-likeness (QED) is 0.720. The predicted molar refractivity (Wildman–Crippen MR) is 122 cm³/mol.